The van der Waals surface area contributed by atoms with Crippen LogP contribution in [0.2, 0.25) is 0 Å². The van der Waals surface area contributed by atoms with Crippen molar-refractivity contribution in [3.63, 3.8) is 0 Å². The second kappa shape index (κ2) is 5.17. The quantitative estimate of drug-likeness (QED) is 0.867. The van der Waals surface area contributed by atoms with Gasteiger partial charge in [-0.2, -0.15) is 5.10 Å². The monoisotopic (exact) mass is 299 g/mol. The Morgan fingerprint density at radius 2 is 2.21 bits per heavy atom. The molecule has 0 saturated heterocycles. The summed E-state index contributed by atoms with van der Waals surface area (Å²) in [6.07, 6.45) is 5.31. The molecular weight excluding hydrogens is 285 g/mol. The van der Waals surface area contributed by atoms with Crippen LogP contribution in [0.25, 0.3) is 0 Å². The maximum Gasteiger partial charge on any atom is 0.230 e. The number of carbonyl (C=O) groups excluding carboxylic acids is 1. The molecule has 1 amide bonds. The first-order chi connectivity index (χ1) is 9.16. The zero-order valence-electron chi connectivity index (χ0n) is 10.5. The van der Waals surface area contributed by atoms with E-state index in [0.717, 1.165) is 30.5 Å². The lowest BCUT2D eigenvalue weighted by Crippen LogP contribution is -2.39. The molecule has 0 bridgehead atoms. The van der Waals surface area contributed by atoms with Gasteiger partial charge in [-0.1, -0.05) is 23.2 Å². The molecule has 1 atom stereocenters. The maximum atomic E-state index is 12.6. The van der Waals surface area contributed by atoms with Crippen molar-refractivity contribution in [2.45, 2.75) is 31.6 Å². The number of rotatable bonds is 1. The van der Waals surface area contributed by atoms with Crippen molar-refractivity contribution in [2.24, 2.45) is 0 Å². The van der Waals surface area contributed by atoms with Crippen molar-refractivity contribution < 1.29 is 4.79 Å². The largest absolute Gasteiger partial charge is 0.337 e. The topological polar surface area (TPSA) is 49.0 Å². The summed E-state index contributed by atoms with van der Waals surface area (Å²) in [7, 11) is 0. The number of amides is 1. The molecule has 0 radical (unpaired) electrons. The van der Waals surface area contributed by atoms with E-state index in [2.05, 4.69) is 10.2 Å². The van der Waals surface area contributed by atoms with E-state index in [1.807, 2.05) is 0 Å². The second-order valence-corrected chi connectivity index (χ2v) is 5.98. The summed E-state index contributed by atoms with van der Waals surface area (Å²) in [6, 6.07) is 0. The summed E-state index contributed by atoms with van der Waals surface area (Å²) in [5.41, 5.74) is 2.15. The first-order valence-corrected chi connectivity index (χ1v) is 7.26. The highest BCUT2D eigenvalue weighted by atomic mass is 35.5. The minimum absolute atomic E-state index is 0.0798. The predicted molar refractivity (Wildman–Crippen MR) is 74.2 cm³/mol. The highest BCUT2D eigenvalue weighted by Crippen LogP contribution is 2.33. The predicted octanol–water partition coefficient (Wildman–Crippen LogP) is 2.75. The van der Waals surface area contributed by atoms with E-state index >= 15 is 0 Å². The van der Waals surface area contributed by atoms with Crippen molar-refractivity contribution in [1.82, 2.24) is 15.1 Å². The van der Waals surface area contributed by atoms with Gasteiger partial charge >= 0.3 is 0 Å². The van der Waals surface area contributed by atoms with Gasteiger partial charge in [-0.15, -0.1) is 0 Å². The number of fused-ring (bicyclic) bond motifs is 1. The van der Waals surface area contributed by atoms with Crippen LogP contribution in [0.15, 0.2) is 16.3 Å². The third kappa shape index (κ3) is 2.39. The minimum Gasteiger partial charge on any atom is -0.337 e. The lowest BCUT2D eigenvalue weighted by atomic mass is 9.86. The van der Waals surface area contributed by atoms with Gasteiger partial charge in [0.25, 0.3) is 0 Å². The van der Waals surface area contributed by atoms with Gasteiger partial charge in [-0.05, 0) is 19.3 Å². The Bertz CT molecular complexity index is 538. The molecule has 0 spiro atoms. The van der Waals surface area contributed by atoms with Crippen molar-refractivity contribution in [2.75, 3.05) is 13.1 Å². The molecule has 6 heteroatoms. The van der Waals surface area contributed by atoms with Crippen molar-refractivity contribution >= 4 is 29.1 Å². The van der Waals surface area contributed by atoms with Crippen LogP contribution in [0.3, 0.4) is 0 Å². The van der Waals surface area contributed by atoms with Gasteiger partial charge in [0, 0.05) is 29.3 Å². The Morgan fingerprint density at radius 3 is 3.00 bits per heavy atom. The summed E-state index contributed by atoms with van der Waals surface area (Å²) < 4.78 is 0. The van der Waals surface area contributed by atoms with Gasteiger partial charge in [0.2, 0.25) is 5.91 Å². The summed E-state index contributed by atoms with van der Waals surface area (Å²) in [5, 5.41) is 8.31. The molecule has 0 saturated carbocycles. The van der Waals surface area contributed by atoms with Crippen LogP contribution in [0.5, 0.6) is 0 Å². The molecule has 3 rings (SSSR count). The van der Waals surface area contributed by atoms with E-state index in [4.69, 9.17) is 23.2 Å². The number of aromatic amines is 1. The molecule has 4 nitrogen and oxygen atoms in total. The number of hydrogen-bond acceptors (Lipinski definition) is 2. The number of hydrogen-bond donors (Lipinski definition) is 1. The van der Waals surface area contributed by atoms with Crippen molar-refractivity contribution in [1.29, 1.82) is 0 Å². The molecule has 2 aliphatic rings. The van der Waals surface area contributed by atoms with Crippen LogP contribution in [0.1, 0.15) is 36.4 Å². The fourth-order valence-electron chi connectivity index (χ4n) is 2.83. The van der Waals surface area contributed by atoms with Gasteiger partial charge < -0.3 is 4.90 Å². The van der Waals surface area contributed by atoms with E-state index in [1.165, 1.54) is 0 Å². The number of H-pyrrole nitrogens is 1. The molecule has 1 aromatic heterocycles. The van der Waals surface area contributed by atoms with Crippen molar-refractivity contribution in [3.8, 4) is 0 Å². The van der Waals surface area contributed by atoms with E-state index in [0.29, 0.717) is 29.6 Å². The van der Waals surface area contributed by atoms with Crippen molar-refractivity contribution in [3.05, 3.63) is 27.5 Å². The van der Waals surface area contributed by atoms with Crippen LogP contribution < -0.4 is 0 Å². The number of aryl methyl sites for hydroxylation is 1. The van der Waals surface area contributed by atoms with Gasteiger partial charge in [0.15, 0.2) is 0 Å². The van der Waals surface area contributed by atoms with Crippen LogP contribution in [-0.4, -0.2) is 34.1 Å². The van der Waals surface area contributed by atoms with Gasteiger partial charge in [-0.25, -0.2) is 0 Å². The summed E-state index contributed by atoms with van der Waals surface area (Å²) in [4.78, 5) is 14.4. The normalized spacial score (nSPS) is 23.5. The lowest BCUT2D eigenvalue weighted by Gasteiger charge is -2.31. The Hall–Kier alpha value is -1.00. The molecule has 19 heavy (non-hydrogen) atoms. The Balaban J connectivity index is 1.80. The van der Waals surface area contributed by atoms with E-state index < -0.39 is 0 Å². The fourth-order valence-corrected chi connectivity index (χ4v) is 3.21. The maximum absolute atomic E-state index is 12.6. The minimum atomic E-state index is -0.0798. The molecule has 1 unspecified atom stereocenters. The summed E-state index contributed by atoms with van der Waals surface area (Å²) >= 11 is 12.0. The Labute approximate surface area is 121 Å². The lowest BCUT2D eigenvalue weighted by molar-refractivity contribution is -0.132. The Morgan fingerprint density at radius 1 is 1.37 bits per heavy atom. The van der Waals surface area contributed by atoms with E-state index in [9.17, 15) is 4.79 Å². The number of nitrogens with one attached hydrogen (secondary N) is 1. The number of carbonyl (C=O) groups is 1. The summed E-state index contributed by atoms with van der Waals surface area (Å²) in [6.45, 7) is 1.08. The SMILES string of the molecule is O=C(C1CCCc2[nH]ncc21)N1CCC(Cl)=C(Cl)C1. The second-order valence-electron chi connectivity index (χ2n) is 5.07. The third-order valence-electron chi connectivity index (χ3n) is 3.88. The molecule has 2 heterocycles. The summed E-state index contributed by atoms with van der Waals surface area (Å²) in [5.74, 6) is 0.0634. The van der Waals surface area contributed by atoms with E-state index in [1.54, 1.807) is 11.1 Å². The van der Waals surface area contributed by atoms with Gasteiger partial charge in [0.05, 0.1) is 23.7 Å². The van der Waals surface area contributed by atoms with Gasteiger partial charge in [-0.3, -0.25) is 9.89 Å². The van der Waals surface area contributed by atoms with Crippen LogP contribution in [0.4, 0.5) is 0 Å². The van der Waals surface area contributed by atoms with E-state index in [-0.39, 0.29) is 11.8 Å². The molecule has 1 N–H and O–H groups in total. The number of halogens is 2. The molecule has 1 aromatic rings. The van der Waals surface area contributed by atoms with Crippen LogP contribution in [-0.2, 0) is 11.2 Å². The third-order valence-corrected chi connectivity index (χ3v) is 4.74. The zero-order valence-corrected chi connectivity index (χ0v) is 12.0. The highest BCUT2D eigenvalue weighted by Gasteiger charge is 2.32. The first kappa shape index (κ1) is 13.0. The molecule has 0 aromatic carbocycles. The van der Waals surface area contributed by atoms with Crippen LogP contribution >= 0.6 is 23.2 Å². The smallest absolute Gasteiger partial charge is 0.230 e. The molecule has 1 aliphatic carbocycles. The van der Waals surface area contributed by atoms with Gasteiger partial charge in [0.1, 0.15) is 0 Å². The van der Waals surface area contributed by atoms with Crippen LogP contribution in [0, 0.1) is 0 Å². The Kier molecular flexibility index (Phi) is 3.54. The average Bonchev–Trinajstić information content (AvgIpc) is 2.89. The standard InChI is InChI=1S/C13H15Cl2N3O/c14-10-4-5-18(7-11(10)15)13(19)8-2-1-3-12-9(8)6-16-17-12/h6,8H,1-5,7H2,(H,16,17). The zero-order chi connectivity index (χ0) is 13.4. The molecule has 102 valence electrons. The molecule has 1 aliphatic heterocycles. The number of aromatic nitrogens is 2. The molecule has 0 fully saturated rings. The first-order valence-electron chi connectivity index (χ1n) is 6.50. The fraction of sp³-hybridized carbons (Fsp3) is 0.538. The number of nitrogens with zero attached hydrogens (tertiary/aromatic N) is 2. The molecular formula is C13H15Cl2N3O. The average molecular weight is 300 g/mol. The highest BCUT2D eigenvalue weighted by molar-refractivity contribution is 6.39.